The first-order valence-electron chi connectivity index (χ1n) is 5.63. The molecule has 2 N–H and O–H groups in total. The van der Waals surface area contributed by atoms with E-state index in [-0.39, 0.29) is 64.7 Å². The van der Waals surface area contributed by atoms with E-state index in [4.69, 9.17) is 9.11 Å². The first kappa shape index (κ1) is 25.7. The van der Waals surface area contributed by atoms with Crippen LogP contribution in [0.5, 0.6) is 0 Å². The Balaban J connectivity index is 0. The molecular weight excluding hydrogens is 368 g/mol. The van der Waals surface area contributed by atoms with Gasteiger partial charge < -0.3 is 5.21 Å². The maximum Gasteiger partial charge on any atom is 0.295 e. The Morgan fingerprint density at radius 2 is 1.52 bits per heavy atom. The van der Waals surface area contributed by atoms with E-state index in [2.05, 4.69) is 0 Å². The van der Waals surface area contributed by atoms with Crippen molar-refractivity contribution in [3.8, 4) is 0 Å². The van der Waals surface area contributed by atoms with E-state index in [0.717, 1.165) is 18.3 Å². The Labute approximate surface area is 179 Å². The summed E-state index contributed by atoms with van der Waals surface area (Å²) in [5.74, 6) is 0. The average Bonchev–Trinajstić information content (AvgIpc) is 2.25. The summed E-state index contributed by atoms with van der Waals surface area (Å²) in [6, 6.07) is 2.50. The summed E-state index contributed by atoms with van der Waals surface area (Å²) in [7, 11) is -9.42. The van der Waals surface area contributed by atoms with Gasteiger partial charge in [-0.1, -0.05) is 0 Å². The van der Waals surface area contributed by atoms with Crippen LogP contribution in [-0.2, 0) is 20.2 Å². The van der Waals surface area contributed by atoms with E-state index in [1.165, 1.54) is 0 Å². The Bertz CT molecular complexity index is 796. The zero-order valence-corrected chi connectivity index (χ0v) is 19.1. The molecule has 0 saturated carbocycles. The molecule has 8 nitrogen and oxygen atoms in total. The normalized spacial score (nSPS) is 13.0. The van der Waals surface area contributed by atoms with Gasteiger partial charge in [-0.05, 0) is 18.2 Å². The molecule has 0 aliphatic heterocycles. The van der Waals surface area contributed by atoms with Crippen molar-refractivity contribution in [3.63, 3.8) is 0 Å². The van der Waals surface area contributed by atoms with Crippen molar-refractivity contribution in [1.29, 1.82) is 0 Å². The van der Waals surface area contributed by atoms with Crippen LogP contribution in [0.15, 0.2) is 28.0 Å². The minimum Gasteiger partial charge on any atom is -0.623 e. The van der Waals surface area contributed by atoms with Gasteiger partial charge in [0.15, 0.2) is 11.8 Å². The van der Waals surface area contributed by atoms with Gasteiger partial charge in [-0.15, -0.1) is 0 Å². The fourth-order valence-corrected chi connectivity index (χ4v) is 2.60. The van der Waals surface area contributed by atoms with Crippen LogP contribution in [0, 0.1) is 5.21 Å². The monoisotopic (exact) mass is 383 g/mol. The van der Waals surface area contributed by atoms with Crippen molar-refractivity contribution in [2.75, 3.05) is 0 Å². The van der Waals surface area contributed by atoms with E-state index < -0.39 is 35.6 Å². The van der Waals surface area contributed by atoms with Gasteiger partial charge in [0, 0.05) is 79.9 Å². The molecule has 0 saturated heterocycles. The molecule has 0 unspecified atom stereocenters. The summed E-state index contributed by atoms with van der Waals surface area (Å²) in [4.78, 5) is -1.50. The molecule has 0 heterocycles. The molecule has 0 atom stereocenters. The molecule has 1 rings (SSSR count). The minimum absolute atomic E-state index is 0. The van der Waals surface area contributed by atoms with Gasteiger partial charge >= 0.3 is 0 Å². The van der Waals surface area contributed by atoms with Crippen LogP contribution in [0.25, 0.3) is 0 Å². The second-order valence-electron chi connectivity index (χ2n) is 5.28. The summed E-state index contributed by atoms with van der Waals surface area (Å²) >= 11 is 0. The van der Waals surface area contributed by atoms with Gasteiger partial charge in [0.25, 0.3) is 20.2 Å². The van der Waals surface area contributed by atoms with Gasteiger partial charge in [0.2, 0.25) is 0 Å². The van der Waals surface area contributed by atoms with Crippen LogP contribution in [-0.4, -0.2) is 102 Å². The molecule has 0 bridgehead atoms. The van der Waals surface area contributed by atoms with E-state index in [9.17, 15) is 22.0 Å². The molecule has 1 aromatic rings. The van der Waals surface area contributed by atoms with Crippen LogP contribution < -0.4 is 0 Å². The standard InChI is InChI=1S/C11H15NO7S2.2Na/c1-11(2,3)12(13)7-8-4-5-9(20(14,15)16)6-10(8)21(17,18)19;;/h4-7H,1-3H3,(H,14,15,16)(H,17,18,19);;. The van der Waals surface area contributed by atoms with Crippen LogP contribution in [0.2, 0.25) is 0 Å². The fraction of sp³-hybridized carbons (Fsp3) is 0.364. The summed E-state index contributed by atoms with van der Waals surface area (Å²) in [6.07, 6.45) is 0.914. The second kappa shape index (κ2) is 8.75. The average molecular weight is 383 g/mol. The van der Waals surface area contributed by atoms with E-state index in [0.29, 0.717) is 10.8 Å². The summed E-state index contributed by atoms with van der Waals surface area (Å²) in [5.41, 5.74) is -1.06. The molecule has 0 aliphatic rings. The molecule has 0 aromatic heterocycles. The van der Waals surface area contributed by atoms with E-state index >= 15 is 0 Å². The molecule has 0 amide bonds. The third-order valence-electron chi connectivity index (χ3n) is 2.48. The van der Waals surface area contributed by atoms with Gasteiger partial charge in [-0.2, -0.15) is 16.8 Å². The van der Waals surface area contributed by atoms with E-state index in [1.807, 2.05) is 0 Å². The van der Waals surface area contributed by atoms with Crippen LogP contribution >= 0.6 is 0 Å². The molecule has 120 valence electrons. The molecule has 0 spiro atoms. The van der Waals surface area contributed by atoms with Crippen molar-refractivity contribution in [2.45, 2.75) is 36.1 Å². The molecule has 0 fully saturated rings. The largest absolute Gasteiger partial charge is 0.623 e. The number of hydroxylamine groups is 1. The summed E-state index contributed by atoms with van der Waals surface area (Å²) < 4.78 is 63.1. The van der Waals surface area contributed by atoms with Crippen molar-refractivity contribution >= 4 is 85.6 Å². The smallest absolute Gasteiger partial charge is 0.295 e. The molecule has 0 aliphatic carbocycles. The zero-order chi connectivity index (χ0) is 16.6. The number of rotatable bonds is 3. The predicted octanol–water partition coefficient (Wildman–Crippen LogP) is 0.146. The Kier molecular flexibility index (Phi) is 9.79. The third kappa shape index (κ3) is 7.51. The topological polar surface area (TPSA) is 135 Å². The van der Waals surface area contributed by atoms with Crippen LogP contribution in [0.4, 0.5) is 0 Å². The van der Waals surface area contributed by atoms with Gasteiger partial charge in [-0.25, -0.2) is 4.74 Å². The van der Waals surface area contributed by atoms with Crippen molar-refractivity contribution < 1.29 is 30.7 Å². The number of hydrogen-bond acceptors (Lipinski definition) is 5. The number of benzene rings is 1. The fourth-order valence-electron chi connectivity index (χ4n) is 1.33. The third-order valence-corrected chi connectivity index (χ3v) is 4.24. The Hall–Kier alpha value is 0.510. The van der Waals surface area contributed by atoms with Crippen molar-refractivity contribution in [1.82, 2.24) is 0 Å². The molecular formula is C11H15NNa2O7S2. The summed E-state index contributed by atoms with van der Waals surface area (Å²) in [5, 5.41) is 11.8. The first-order valence-corrected chi connectivity index (χ1v) is 8.51. The maximum absolute atomic E-state index is 11.8. The number of hydrogen-bond donors (Lipinski definition) is 2. The summed E-state index contributed by atoms with van der Waals surface area (Å²) in [6.45, 7) is 4.74. The first-order chi connectivity index (χ1) is 9.23. The quantitative estimate of drug-likeness (QED) is 0.189. The molecule has 2 radical (unpaired) electrons. The SMILES string of the molecule is CC(C)(C)[N+]([O-])=Cc1ccc(S(=O)(=O)O)cc1S(=O)(=O)O.[Na].[Na]. The molecule has 23 heavy (non-hydrogen) atoms. The maximum atomic E-state index is 11.8. The van der Waals surface area contributed by atoms with Gasteiger partial charge in [-0.3, -0.25) is 9.11 Å². The van der Waals surface area contributed by atoms with Gasteiger partial charge in [0.1, 0.15) is 4.90 Å². The molecule has 1 aromatic carbocycles. The van der Waals surface area contributed by atoms with Crippen molar-refractivity contribution in [2.24, 2.45) is 0 Å². The van der Waals surface area contributed by atoms with E-state index in [1.54, 1.807) is 20.8 Å². The zero-order valence-electron chi connectivity index (χ0n) is 13.5. The Morgan fingerprint density at radius 3 is 1.87 bits per heavy atom. The van der Waals surface area contributed by atoms with Crippen molar-refractivity contribution in [3.05, 3.63) is 29.0 Å². The van der Waals surface area contributed by atoms with Crippen LogP contribution in [0.1, 0.15) is 26.3 Å². The van der Waals surface area contributed by atoms with Gasteiger partial charge in [0.05, 0.1) is 10.5 Å². The number of nitrogens with zero attached hydrogens (tertiary/aromatic N) is 1. The minimum atomic E-state index is -4.78. The Morgan fingerprint density at radius 1 is 1.04 bits per heavy atom. The second-order valence-corrected chi connectivity index (χ2v) is 8.09. The molecule has 12 heteroatoms. The predicted molar refractivity (Wildman–Crippen MR) is 86.1 cm³/mol. The van der Waals surface area contributed by atoms with Crippen LogP contribution in [0.3, 0.4) is 0 Å².